The van der Waals surface area contributed by atoms with Gasteiger partial charge in [-0.2, -0.15) is 0 Å². The molecule has 1 aromatic carbocycles. The lowest BCUT2D eigenvalue weighted by Crippen LogP contribution is -2.28. The molecule has 0 radical (unpaired) electrons. The third-order valence-corrected chi connectivity index (χ3v) is 6.56. The summed E-state index contributed by atoms with van der Waals surface area (Å²) < 4.78 is 16.3. The molecule has 174 valence electrons. The highest BCUT2D eigenvalue weighted by Crippen LogP contribution is 2.40. The number of nitrogens with two attached hydrogens (primary N) is 1. The van der Waals surface area contributed by atoms with Gasteiger partial charge in [0, 0.05) is 61.0 Å². The van der Waals surface area contributed by atoms with Crippen molar-refractivity contribution in [3.63, 3.8) is 0 Å². The zero-order valence-electron chi connectivity index (χ0n) is 18.5. The minimum absolute atomic E-state index is 0.107. The van der Waals surface area contributed by atoms with Crippen LogP contribution in [-0.4, -0.2) is 51.6 Å². The molecular weight excluding hydrogens is 455 g/mol. The Kier molecular flexibility index (Phi) is 6.03. The molecule has 34 heavy (non-hydrogen) atoms. The lowest BCUT2D eigenvalue weighted by Gasteiger charge is -2.15. The fourth-order valence-corrected chi connectivity index (χ4v) is 4.90. The van der Waals surface area contributed by atoms with E-state index in [2.05, 4.69) is 30.6 Å². The maximum Gasteiger partial charge on any atom is 0.321 e. The zero-order valence-corrected chi connectivity index (χ0v) is 19.3. The average Bonchev–Trinajstić information content (AvgIpc) is 3.47. The Labute approximate surface area is 199 Å². The van der Waals surface area contributed by atoms with E-state index >= 15 is 4.39 Å². The van der Waals surface area contributed by atoms with Gasteiger partial charge >= 0.3 is 6.03 Å². The van der Waals surface area contributed by atoms with E-state index in [1.54, 1.807) is 24.7 Å². The lowest BCUT2D eigenvalue weighted by molar-refractivity contribution is 0.252. The molecule has 1 aliphatic heterocycles. The first-order valence-corrected chi connectivity index (χ1v) is 11.8. The third-order valence-electron chi connectivity index (χ3n) is 5.56. The van der Waals surface area contributed by atoms with Crippen LogP contribution in [0.25, 0.3) is 32.6 Å². The number of thiazole rings is 1. The smallest absolute Gasteiger partial charge is 0.321 e. The number of carbonyl (C=O) groups excluding carboxylic acids is 1. The molecule has 1 aliphatic rings. The summed E-state index contributed by atoms with van der Waals surface area (Å²) in [5.74, 6) is 0.0691. The number of benzene rings is 1. The number of anilines is 2. The third kappa shape index (κ3) is 4.27. The van der Waals surface area contributed by atoms with Gasteiger partial charge in [-0.3, -0.25) is 10.3 Å². The van der Waals surface area contributed by atoms with Crippen LogP contribution in [0.4, 0.5) is 20.3 Å². The van der Waals surface area contributed by atoms with Crippen molar-refractivity contribution in [3.8, 4) is 22.4 Å². The van der Waals surface area contributed by atoms with Crippen LogP contribution in [0.5, 0.6) is 0 Å². The Morgan fingerprint density at radius 3 is 2.76 bits per heavy atom. The van der Waals surface area contributed by atoms with E-state index in [9.17, 15) is 4.79 Å². The van der Waals surface area contributed by atoms with Crippen LogP contribution in [0.2, 0.25) is 0 Å². The topological polar surface area (TPSA) is 122 Å². The number of carbonyl (C=O) groups is 1. The molecule has 1 saturated heterocycles. The Balaban J connectivity index is 1.59. The molecule has 1 fully saturated rings. The maximum absolute atomic E-state index is 15.7. The number of amides is 2. The molecule has 4 heterocycles. The normalized spacial score (nSPS) is 15.6. The van der Waals surface area contributed by atoms with Crippen LogP contribution in [0.1, 0.15) is 13.3 Å². The molecule has 1 unspecified atom stereocenters. The van der Waals surface area contributed by atoms with Crippen LogP contribution in [-0.2, 0) is 0 Å². The summed E-state index contributed by atoms with van der Waals surface area (Å²) in [7, 11) is 0. The predicted octanol–water partition coefficient (Wildman–Crippen LogP) is 3.63. The Bertz CT molecular complexity index is 1330. The summed E-state index contributed by atoms with van der Waals surface area (Å²) in [5.41, 5.74) is 8.36. The van der Waals surface area contributed by atoms with Crippen LogP contribution in [0.15, 0.2) is 42.9 Å². The summed E-state index contributed by atoms with van der Waals surface area (Å²) in [4.78, 5) is 31.7. The van der Waals surface area contributed by atoms with Crippen LogP contribution in [0, 0.1) is 5.82 Å². The molecule has 5 rings (SSSR count). The maximum atomic E-state index is 15.7. The fraction of sp³-hybridized carbons (Fsp3) is 0.261. The first kappa shape index (κ1) is 22.1. The predicted molar refractivity (Wildman–Crippen MR) is 131 cm³/mol. The van der Waals surface area contributed by atoms with Crippen molar-refractivity contribution in [1.29, 1.82) is 0 Å². The van der Waals surface area contributed by atoms with Gasteiger partial charge in [0.25, 0.3) is 0 Å². The fourth-order valence-electron chi connectivity index (χ4n) is 3.92. The van der Waals surface area contributed by atoms with Gasteiger partial charge in [0.05, 0.1) is 10.4 Å². The van der Waals surface area contributed by atoms with Crippen molar-refractivity contribution >= 4 is 38.7 Å². The highest BCUT2D eigenvalue weighted by atomic mass is 32.1. The van der Waals surface area contributed by atoms with Gasteiger partial charge in [-0.1, -0.05) is 17.4 Å². The largest absolute Gasteiger partial charge is 0.339 e. The molecule has 0 aliphatic carbocycles. The van der Waals surface area contributed by atoms with Crippen LogP contribution < -0.4 is 21.3 Å². The van der Waals surface area contributed by atoms with E-state index in [4.69, 9.17) is 5.73 Å². The summed E-state index contributed by atoms with van der Waals surface area (Å²) >= 11 is 1.20. The number of rotatable bonds is 5. The second-order valence-corrected chi connectivity index (χ2v) is 8.95. The second kappa shape index (κ2) is 9.27. The molecule has 1 atom stereocenters. The van der Waals surface area contributed by atoms with Gasteiger partial charge in [0.2, 0.25) is 5.95 Å². The van der Waals surface area contributed by atoms with Crippen molar-refractivity contribution in [1.82, 2.24) is 25.3 Å². The van der Waals surface area contributed by atoms with E-state index in [1.165, 1.54) is 11.3 Å². The Morgan fingerprint density at radius 2 is 2.09 bits per heavy atom. The second-order valence-electron chi connectivity index (χ2n) is 7.95. The molecule has 9 nitrogen and oxygen atoms in total. The Hall–Kier alpha value is -3.70. The standard InChI is InChI=1S/C23H23FN8OS/c1-2-26-22(33)31-23-30-19-18(24)15(9-16(20(19)34-23)17-5-3-4-7-27-17)13-10-28-21(29-11-13)32-8-6-14(25)12-32/h3-5,7,9-11,14H,2,6,8,12,25H2,1H3,(H2,26,30,31,33). The number of urea groups is 1. The molecular formula is C23H23FN8OS. The molecule has 4 aromatic rings. The molecule has 4 N–H and O–H groups in total. The summed E-state index contributed by atoms with van der Waals surface area (Å²) in [6.07, 6.45) is 5.79. The molecule has 2 amide bonds. The van der Waals surface area contributed by atoms with Crippen molar-refractivity contribution in [2.24, 2.45) is 5.73 Å². The van der Waals surface area contributed by atoms with E-state index in [0.29, 0.717) is 51.3 Å². The Morgan fingerprint density at radius 1 is 1.26 bits per heavy atom. The number of hydrogen-bond donors (Lipinski definition) is 3. The first-order valence-electron chi connectivity index (χ1n) is 11.0. The highest BCUT2D eigenvalue weighted by Gasteiger charge is 2.23. The molecule has 3 aromatic heterocycles. The number of halogens is 1. The summed E-state index contributed by atoms with van der Waals surface area (Å²) in [6, 6.07) is 6.98. The lowest BCUT2D eigenvalue weighted by atomic mass is 10.0. The van der Waals surface area contributed by atoms with Crippen molar-refractivity contribution < 1.29 is 9.18 Å². The quantitative estimate of drug-likeness (QED) is 0.400. The zero-order chi connectivity index (χ0) is 23.7. The van der Waals surface area contributed by atoms with E-state index in [0.717, 1.165) is 13.0 Å². The SMILES string of the molecule is CCNC(=O)Nc1nc2c(F)c(-c3cnc(N4CCC(N)C4)nc3)cc(-c3ccccn3)c2s1. The van der Waals surface area contributed by atoms with Crippen LogP contribution in [0.3, 0.4) is 0 Å². The minimum atomic E-state index is -0.505. The van der Waals surface area contributed by atoms with Crippen molar-refractivity contribution in [2.45, 2.75) is 19.4 Å². The van der Waals surface area contributed by atoms with Crippen molar-refractivity contribution in [2.75, 3.05) is 29.9 Å². The van der Waals surface area contributed by atoms with Gasteiger partial charge in [-0.05, 0) is 31.5 Å². The molecule has 0 bridgehead atoms. The van der Waals surface area contributed by atoms with Crippen molar-refractivity contribution in [3.05, 3.63) is 48.7 Å². The molecule has 0 spiro atoms. The molecule has 11 heteroatoms. The highest BCUT2D eigenvalue weighted by molar-refractivity contribution is 7.22. The first-order chi connectivity index (χ1) is 16.5. The van der Waals surface area contributed by atoms with Gasteiger partial charge < -0.3 is 16.0 Å². The van der Waals surface area contributed by atoms with Gasteiger partial charge in [0.15, 0.2) is 10.9 Å². The van der Waals surface area contributed by atoms with Crippen LogP contribution >= 0.6 is 11.3 Å². The van der Waals surface area contributed by atoms with Gasteiger partial charge in [0.1, 0.15) is 5.52 Å². The molecule has 0 saturated carbocycles. The number of fused-ring (bicyclic) bond motifs is 1. The summed E-state index contributed by atoms with van der Waals surface area (Å²) in [6.45, 7) is 3.77. The monoisotopic (exact) mass is 478 g/mol. The van der Waals surface area contributed by atoms with E-state index < -0.39 is 11.8 Å². The van der Waals surface area contributed by atoms with Gasteiger partial charge in [-0.15, -0.1) is 0 Å². The number of pyridine rings is 1. The van der Waals surface area contributed by atoms with Gasteiger partial charge in [-0.25, -0.2) is 24.1 Å². The minimum Gasteiger partial charge on any atom is -0.339 e. The van der Waals surface area contributed by atoms with E-state index in [1.807, 2.05) is 30.0 Å². The number of hydrogen-bond acceptors (Lipinski definition) is 8. The summed E-state index contributed by atoms with van der Waals surface area (Å²) in [5, 5.41) is 5.62. The number of nitrogens with one attached hydrogen (secondary N) is 2. The average molecular weight is 479 g/mol. The number of aromatic nitrogens is 4. The number of nitrogens with zero attached hydrogens (tertiary/aromatic N) is 5. The van der Waals surface area contributed by atoms with E-state index in [-0.39, 0.29) is 11.6 Å².